The maximum atomic E-state index is 13.4. The van der Waals surface area contributed by atoms with Crippen LogP contribution in [0.5, 0.6) is 0 Å². The zero-order valence-corrected chi connectivity index (χ0v) is 20.8. The van der Waals surface area contributed by atoms with Crippen molar-refractivity contribution in [1.29, 1.82) is 0 Å². The molecule has 0 saturated carbocycles. The molecular weight excluding hydrogens is 493 g/mol. The van der Waals surface area contributed by atoms with Gasteiger partial charge in [-0.1, -0.05) is 41.4 Å². The lowest BCUT2D eigenvalue weighted by molar-refractivity contribution is -0.114. The quantitative estimate of drug-likeness (QED) is 0.428. The van der Waals surface area contributed by atoms with Gasteiger partial charge < -0.3 is 10.2 Å². The van der Waals surface area contributed by atoms with Crippen LogP contribution in [0.3, 0.4) is 0 Å². The predicted octanol–water partition coefficient (Wildman–Crippen LogP) is 5.82. The van der Waals surface area contributed by atoms with Crippen LogP contribution in [-0.2, 0) is 14.8 Å². The van der Waals surface area contributed by atoms with Crippen molar-refractivity contribution in [3.63, 3.8) is 0 Å². The molecule has 178 valence electrons. The van der Waals surface area contributed by atoms with Gasteiger partial charge in [-0.25, -0.2) is 8.42 Å². The van der Waals surface area contributed by atoms with Gasteiger partial charge in [-0.15, -0.1) is 0 Å². The Balaban J connectivity index is 1.56. The van der Waals surface area contributed by atoms with Crippen molar-refractivity contribution in [3.05, 3.63) is 82.8 Å². The van der Waals surface area contributed by atoms with E-state index in [9.17, 15) is 13.2 Å². The molecule has 1 heterocycles. The van der Waals surface area contributed by atoms with E-state index in [0.29, 0.717) is 5.69 Å². The highest BCUT2D eigenvalue weighted by Gasteiger charge is 2.27. The fourth-order valence-electron chi connectivity index (χ4n) is 3.96. The average molecular weight is 518 g/mol. The second-order valence-corrected chi connectivity index (χ2v) is 10.8. The monoisotopic (exact) mass is 517 g/mol. The molecule has 1 fully saturated rings. The van der Waals surface area contributed by atoms with Gasteiger partial charge in [-0.3, -0.25) is 9.10 Å². The number of nitrogens with zero attached hydrogens (tertiary/aromatic N) is 2. The standard InChI is InChI=1S/C25H25Cl2N3O3S/c26-19-15-20(27)17-23(16-19)30(34(32,33)24-7-3-1-4-8-24)18-25(31)28-21-9-11-22(12-10-21)29-13-5-2-6-14-29/h1,3-4,7-12,15-17H,2,5-6,13-14,18H2,(H,28,31). The third-order valence-electron chi connectivity index (χ3n) is 5.63. The van der Waals surface area contributed by atoms with Crippen LogP contribution in [0.15, 0.2) is 77.7 Å². The Bertz CT molecular complexity index is 1230. The molecule has 1 aliphatic heterocycles. The van der Waals surface area contributed by atoms with Gasteiger partial charge in [0.1, 0.15) is 6.54 Å². The lowest BCUT2D eigenvalue weighted by atomic mass is 10.1. The van der Waals surface area contributed by atoms with E-state index in [1.165, 1.54) is 49.6 Å². The van der Waals surface area contributed by atoms with E-state index in [1.54, 1.807) is 18.2 Å². The molecule has 3 aromatic rings. The van der Waals surface area contributed by atoms with Crippen LogP contribution in [0.4, 0.5) is 17.1 Å². The predicted molar refractivity (Wildman–Crippen MR) is 139 cm³/mol. The molecule has 0 radical (unpaired) electrons. The van der Waals surface area contributed by atoms with Crippen molar-refractivity contribution < 1.29 is 13.2 Å². The van der Waals surface area contributed by atoms with Gasteiger partial charge >= 0.3 is 0 Å². The molecule has 3 aromatic carbocycles. The van der Waals surface area contributed by atoms with Crippen LogP contribution < -0.4 is 14.5 Å². The van der Waals surface area contributed by atoms with E-state index in [4.69, 9.17) is 23.2 Å². The summed E-state index contributed by atoms with van der Waals surface area (Å²) in [5, 5.41) is 3.33. The number of nitrogens with one attached hydrogen (secondary N) is 1. The summed E-state index contributed by atoms with van der Waals surface area (Å²) < 4.78 is 27.8. The van der Waals surface area contributed by atoms with E-state index in [1.807, 2.05) is 24.3 Å². The molecule has 9 heteroatoms. The highest BCUT2D eigenvalue weighted by Crippen LogP contribution is 2.30. The fourth-order valence-corrected chi connectivity index (χ4v) is 5.90. The molecule has 1 saturated heterocycles. The number of benzene rings is 3. The van der Waals surface area contributed by atoms with Crippen LogP contribution >= 0.6 is 23.2 Å². The van der Waals surface area contributed by atoms with Crippen molar-refractivity contribution in [1.82, 2.24) is 0 Å². The Morgan fingerprint density at radius 3 is 2.12 bits per heavy atom. The molecule has 0 bridgehead atoms. The molecule has 1 N–H and O–H groups in total. The van der Waals surface area contributed by atoms with Crippen LogP contribution in [0.25, 0.3) is 0 Å². The first-order valence-corrected chi connectivity index (χ1v) is 13.2. The minimum atomic E-state index is -4.05. The molecule has 0 aliphatic carbocycles. The number of rotatable bonds is 7. The lowest BCUT2D eigenvalue weighted by Crippen LogP contribution is -2.38. The molecule has 0 spiro atoms. The first kappa shape index (κ1) is 24.4. The van der Waals surface area contributed by atoms with E-state index in [0.717, 1.165) is 23.1 Å². The molecule has 6 nitrogen and oxygen atoms in total. The van der Waals surface area contributed by atoms with Crippen LogP contribution in [-0.4, -0.2) is 34.0 Å². The van der Waals surface area contributed by atoms with Crippen LogP contribution in [0, 0.1) is 0 Å². The number of piperidine rings is 1. The van der Waals surface area contributed by atoms with Crippen LogP contribution in [0.2, 0.25) is 10.0 Å². The third-order valence-corrected chi connectivity index (χ3v) is 7.85. The minimum absolute atomic E-state index is 0.0600. The van der Waals surface area contributed by atoms with Crippen molar-refractivity contribution in [3.8, 4) is 0 Å². The molecule has 34 heavy (non-hydrogen) atoms. The van der Waals surface area contributed by atoms with E-state index >= 15 is 0 Å². The summed E-state index contributed by atoms with van der Waals surface area (Å²) in [7, 11) is -4.05. The summed E-state index contributed by atoms with van der Waals surface area (Å²) in [5.74, 6) is -0.485. The Morgan fingerprint density at radius 2 is 1.50 bits per heavy atom. The summed E-state index contributed by atoms with van der Waals surface area (Å²) in [6.45, 7) is 1.61. The summed E-state index contributed by atoms with van der Waals surface area (Å²) in [6.07, 6.45) is 3.61. The molecule has 0 aromatic heterocycles. The van der Waals surface area contributed by atoms with Gasteiger partial charge in [0.15, 0.2) is 0 Å². The fraction of sp³-hybridized carbons (Fsp3) is 0.240. The Kier molecular flexibility index (Phi) is 7.66. The topological polar surface area (TPSA) is 69.7 Å². The average Bonchev–Trinajstić information content (AvgIpc) is 2.83. The molecule has 0 unspecified atom stereocenters. The highest BCUT2D eigenvalue weighted by molar-refractivity contribution is 7.92. The number of sulfonamides is 1. The van der Waals surface area contributed by atoms with Crippen molar-refractivity contribution >= 4 is 56.2 Å². The summed E-state index contributed by atoms with van der Waals surface area (Å²) in [4.78, 5) is 15.3. The Hall–Kier alpha value is -2.74. The van der Waals surface area contributed by atoms with Gasteiger partial charge in [-0.2, -0.15) is 0 Å². The SMILES string of the molecule is O=C(CN(c1cc(Cl)cc(Cl)c1)S(=O)(=O)c1ccccc1)Nc1ccc(N2CCCCC2)cc1. The highest BCUT2D eigenvalue weighted by atomic mass is 35.5. The second kappa shape index (κ2) is 10.7. The number of amides is 1. The smallest absolute Gasteiger partial charge is 0.264 e. The van der Waals surface area contributed by atoms with Gasteiger partial charge in [0.2, 0.25) is 5.91 Å². The van der Waals surface area contributed by atoms with Gasteiger partial charge in [0.05, 0.1) is 10.6 Å². The Morgan fingerprint density at radius 1 is 0.882 bits per heavy atom. The number of hydrogen-bond acceptors (Lipinski definition) is 4. The normalized spacial score (nSPS) is 14.0. The number of carbonyl (C=O) groups is 1. The zero-order chi connectivity index (χ0) is 24.1. The maximum Gasteiger partial charge on any atom is 0.264 e. The Labute approximate surface area is 210 Å². The van der Waals surface area contributed by atoms with Gasteiger partial charge in [0, 0.05) is 34.5 Å². The van der Waals surface area contributed by atoms with Gasteiger partial charge in [-0.05, 0) is 73.9 Å². The first-order valence-electron chi connectivity index (χ1n) is 11.0. The van der Waals surface area contributed by atoms with E-state index < -0.39 is 22.5 Å². The van der Waals surface area contributed by atoms with Crippen molar-refractivity contribution in [2.24, 2.45) is 0 Å². The summed E-state index contributed by atoms with van der Waals surface area (Å²) >= 11 is 12.2. The molecule has 1 aliphatic rings. The largest absolute Gasteiger partial charge is 0.372 e. The molecule has 0 atom stereocenters. The van der Waals surface area contributed by atoms with Crippen LogP contribution in [0.1, 0.15) is 19.3 Å². The van der Waals surface area contributed by atoms with Crippen molar-refractivity contribution in [2.75, 3.05) is 34.2 Å². The molecular formula is C25H25Cl2N3O3S. The summed E-state index contributed by atoms with van der Waals surface area (Å²) in [6, 6.07) is 20.0. The minimum Gasteiger partial charge on any atom is -0.372 e. The number of carbonyl (C=O) groups excluding carboxylic acids is 1. The third kappa shape index (κ3) is 5.84. The number of hydrogen-bond donors (Lipinski definition) is 1. The van der Waals surface area contributed by atoms with Gasteiger partial charge in [0.25, 0.3) is 10.0 Å². The molecule has 4 rings (SSSR count). The lowest BCUT2D eigenvalue weighted by Gasteiger charge is -2.29. The first-order chi connectivity index (χ1) is 16.3. The van der Waals surface area contributed by atoms with E-state index in [-0.39, 0.29) is 20.6 Å². The van der Waals surface area contributed by atoms with Crippen molar-refractivity contribution in [2.45, 2.75) is 24.2 Å². The summed E-state index contributed by atoms with van der Waals surface area (Å²) in [5.41, 5.74) is 1.91. The van der Waals surface area contributed by atoms with E-state index in [2.05, 4.69) is 10.2 Å². The number of anilines is 3. The second-order valence-electron chi connectivity index (χ2n) is 8.10. The zero-order valence-electron chi connectivity index (χ0n) is 18.5. The maximum absolute atomic E-state index is 13.4. The number of halogens is 2. The molecule has 1 amide bonds.